The molecule has 2 atom stereocenters. The summed E-state index contributed by atoms with van der Waals surface area (Å²) < 4.78 is 12.1. The largest absolute Gasteiger partial charge is 0.493 e. The number of benzene rings is 2. The van der Waals surface area contributed by atoms with Gasteiger partial charge in [0.2, 0.25) is 6.23 Å². The van der Waals surface area contributed by atoms with E-state index in [0.29, 0.717) is 0 Å². The summed E-state index contributed by atoms with van der Waals surface area (Å²) in [5.74, 6) is 1.60. The van der Waals surface area contributed by atoms with Gasteiger partial charge in [0.15, 0.2) is 11.5 Å². The van der Waals surface area contributed by atoms with Gasteiger partial charge in [0.05, 0.1) is 23.7 Å². The second kappa shape index (κ2) is 7.18. The Balaban J connectivity index is 1.61. The molecule has 2 aliphatic heterocycles. The Kier molecular flexibility index (Phi) is 4.53. The molecule has 5 rings (SSSR count). The van der Waals surface area contributed by atoms with E-state index in [9.17, 15) is 0 Å². The molecule has 4 nitrogen and oxygen atoms in total. The Labute approximate surface area is 172 Å². The standard InChI is InChI=1S/C22H20N2O2S2/c1-25-19-6-3-5-16-18-13-17(20-7-4-12-28-20)23-24(18)22(26-21(16)19)14-8-10-15(27-2)11-9-14/h3-12,18,22H,13H2,1-2H3/t18-,22+/m1/s1. The number of thiophene rings is 1. The van der Waals surface area contributed by atoms with Crippen LogP contribution in [0.25, 0.3) is 0 Å². The quantitative estimate of drug-likeness (QED) is 0.517. The zero-order valence-electron chi connectivity index (χ0n) is 15.7. The Hall–Kier alpha value is -2.44. The fraction of sp³-hybridized carbons (Fsp3) is 0.227. The summed E-state index contributed by atoms with van der Waals surface area (Å²) in [6.07, 6.45) is 2.67. The van der Waals surface area contributed by atoms with E-state index in [1.54, 1.807) is 30.2 Å². The molecular weight excluding hydrogens is 388 g/mol. The van der Waals surface area contributed by atoms with E-state index < -0.39 is 0 Å². The fourth-order valence-corrected chi connectivity index (χ4v) is 4.95. The molecule has 0 fully saturated rings. The molecule has 0 saturated heterocycles. The minimum atomic E-state index is -0.276. The highest BCUT2D eigenvalue weighted by Gasteiger charge is 2.42. The van der Waals surface area contributed by atoms with Crippen LogP contribution in [0.4, 0.5) is 0 Å². The van der Waals surface area contributed by atoms with Gasteiger partial charge >= 0.3 is 0 Å². The fourth-order valence-electron chi connectivity index (χ4n) is 3.82. The third kappa shape index (κ3) is 2.88. The van der Waals surface area contributed by atoms with Crippen molar-refractivity contribution in [2.45, 2.75) is 23.6 Å². The van der Waals surface area contributed by atoms with E-state index in [1.165, 1.54) is 9.77 Å². The topological polar surface area (TPSA) is 34.1 Å². The van der Waals surface area contributed by atoms with Crippen molar-refractivity contribution in [1.82, 2.24) is 5.01 Å². The van der Waals surface area contributed by atoms with Gasteiger partial charge in [-0.3, -0.25) is 0 Å². The first kappa shape index (κ1) is 17.6. The molecule has 28 heavy (non-hydrogen) atoms. The molecule has 2 aromatic carbocycles. The maximum Gasteiger partial charge on any atom is 0.214 e. The number of thioether (sulfide) groups is 1. The highest BCUT2D eigenvalue weighted by atomic mass is 32.2. The van der Waals surface area contributed by atoms with Crippen molar-refractivity contribution >= 4 is 28.8 Å². The predicted octanol–water partition coefficient (Wildman–Crippen LogP) is 5.72. The number of rotatable bonds is 4. The van der Waals surface area contributed by atoms with Gasteiger partial charge in [-0.05, 0) is 35.9 Å². The minimum Gasteiger partial charge on any atom is -0.493 e. The van der Waals surface area contributed by atoms with Crippen LogP contribution in [-0.2, 0) is 0 Å². The monoisotopic (exact) mass is 408 g/mol. The molecule has 0 spiro atoms. The van der Waals surface area contributed by atoms with Crippen molar-refractivity contribution in [2.24, 2.45) is 5.10 Å². The molecule has 3 heterocycles. The average molecular weight is 409 g/mol. The van der Waals surface area contributed by atoms with Crippen LogP contribution in [0.3, 0.4) is 0 Å². The van der Waals surface area contributed by atoms with Gasteiger partial charge in [0.1, 0.15) is 0 Å². The third-order valence-electron chi connectivity index (χ3n) is 5.21. The number of hydrazone groups is 1. The van der Waals surface area contributed by atoms with Crippen molar-refractivity contribution in [3.63, 3.8) is 0 Å². The maximum absolute atomic E-state index is 6.48. The number of hydrogen-bond donors (Lipinski definition) is 0. The van der Waals surface area contributed by atoms with Crippen LogP contribution in [-0.4, -0.2) is 24.1 Å². The molecule has 142 valence electrons. The zero-order chi connectivity index (χ0) is 19.1. The molecule has 0 N–H and O–H groups in total. The number of nitrogens with zero attached hydrogens (tertiary/aromatic N) is 2. The molecule has 0 radical (unpaired) electrons. The summed E-state index contributed by atoms with van der Waals surface area (Å²) in [7, 11) is 1.69. The maximum atomic E-state index is 6.48. The van der Waals surface area contributed by atoms with Crippen molar-refractivity contribution in [1.29, 1.82) is 0 Å². The molecule has 1 aromatic heterocycles. The summed E-state index contributed by atoms with van der Waals surface area (Å²) in [6.45, 7) is 0. The van der Waals surface area contributed by atoms with Crippen molar-refractivity contribution in [3.05, 3.63) is 76.0 Å². The molecule has 2 aliphatic rings. The van der Waals surface area contributed by atoms with Crippen molar-refractivity contribution in [3.8, 4) is 11.5 Å². The molecule has 0 saturated carbocycles. The van der Waals surface area contributed by atoms with Crippen LogP contribution < -0.4 is 9.47 Å². The van der Waals surface area contributed by atoms with Crippen molar-refractivity contribution in [2.75, 3.05) is 13.4 Å². The SMILES string of the molecule is COc1cccc2c1O[C@@H](c1ccc(SC)cc1)N1N=C(c3cccs3)C[C@H]21. The Morgan fingerprint density at radius 3 is 2.71 bits per heavy atom. The summed E-state index contributed by atoms with van der Waals surface area (Å²) in [4.78, 5) is 2.45. The van der Waals surface area contributed by atoms with Crippen LogP contribution in [0.5, 0.6) is 11.5 Å². The number of ether oxygens (including phenoxy) is 2. The molecule has 0 aliphatic carbocycles. The molecule has 3 aromatic rings. The van der Waals surface area contributed by atoms with Gasteiger partial charge in [-0.1, -0.05) is 30.3 Å². The third-order valence-corrected chi connectivity index (χ3v) is 6.87. The van der Waals surface area contributed by atoms with Gasteiger partial charge in [0, 0.05) is 22.4 Å². The second-order valence-electron chi connectivity index (χ2n) is 6.75. The summed E-state index contributed by atoms with van der Waals surface area (Å²) in [5, 5.41) is 9.21. The minimum absolute atomic E-state index is 0.140. The predicted molar refractivity (Wildman–Crippen MR) is 115 cm³/mol. The first-order valence-electron chi connectivity index (χ1n) is 9.15. The summed E-state index contributed by atoms with van der Waals surface area (Å²) >= 11 is 3.47. The van der Waals surface area contributed by atoms with E-state index in [1.807, 2.05) is 12.1 Å². The van der Waals surface area contributed by atoms with Crippen LogP contribution >= 0.6 is 23.1 Å². The summed E-state index contributed by atoms with van der Waals surface area (Å²) in [6, 6.07) is 19.0. The van der Waals surface area contributed by atoms with Crippen LogP contribution in [0.15, 0.2) is 70.0 Å². The van der Waals surface area contributed by atoms with Crippen LogP contribution in [0.1, 0.15) is 34.7 Å². The number of fused-ring (bicyclic) bond motifs is 3. The first-order valence-corrected chi connectivity index (χ1v) is 11.3. The molecule has 0 unspecified atom stereocenters. The van der Waals surface area contributed by atoms with Gasteiger partial charge in [-0.2, -0.15) is 5.10 Å². The van der Waals surface area contributed by atoms with E-state index in [-0.39, 0.29) is 12.3 Å². The van der Waals surface area contributed by atoms with E-state index in [4.69, 9.17) is 14.6 Å². The van der Waals surface area contributed by atoms with Gasteiger partial charge in [-0.25, -0.2) is 5.01 Å². The highest BCUT2D eigenvalue weighted by Crippen LogP contribution is 2.50. The smallest absolute Gasteiger partial charge is 0.214 e. The van der Waals surface area contributed by atoms with E-state index in [0.717, 1.165) is 34.8 Å². The highest BCUT2D eigenvalue weighted by molar-refractivity contribution is 7.98. The lowest BCUT2D eigenvalue weighted by atomic mass is 9.97. The second-order valence-corrected chi connectivity index (χ2v) is 8.57. The first-order chi connectivity index (χ1) is 13.8. The van der Waals surface area contributed by atoms with Gasteiger partial charge in [-0.15, -0.1) is 23.1 Å². The average Bonchev–Trinajstić information content (AvgIpc) is 3.42. The number of hydrogen-bond acceptors (Lipinski definition) is 6. The lowest BCUT2D eigenvalue weighted by Crippen LogP contribution is -2.33. The van der Waals surface area contributed by atoms with Crippen molar-refractivity contribution < 1.29 is 9.47 Å². The number of methoxy groups -OCH3 is 1. The molecule has 0 bridgehead atoms. The van der Waals surface area contributed by atoms with Gasteiger partial charge in [0.25, 0.3) is 0 Å². The Morgan fingerprint density at radius 1 is 1.14 bits per heavy atom. The molecular formula is C22H20N2O2S2. The number of para-hydroxylation sites is 1. The normalized spacial score (nSPS) is 20.2. The van der Waals surface area contributed by atoms with Gasteiger partial charge < -0.3 is 9.47 Å². The van der Waals surface area contributed by atoms with E-state index in [2.05, 4.69) is 59.1 Å². The van der Waals surface area contributed by atoms with E-state index >= 15 is 0 Å². The lowest BCUT2D eigenvalue weighted by Gasteiger charge is -2.38. The van der Waals surface area contributed by atoms with Crippen LogP contribution in [0, 0.1) is 0 Å². The Bertz CT molecular complexity index is 1020. The Morgan fingerprint density at radius 2 is 2.00 bits per heavy atom. The molecule has 0 amide bonds. The zero-order valence-corrected chi connectivity index (χ0v) is 17.3. The lowest BCUT2D eigenvalue weighted by molar-refractivity contribution is -0.0209. The molecule has 6 heteroatoms. The van der Waals surface area contributed by atoms with Crippen LogP contribution in [0.2, 0.25) is 0 Å². The summed E-state index contributed by atoms with van der Waals surface area (Å²) in [5.41, 5.74) is 3.34.